The lowest BCUT2D eigenvalue weighted by Crippen LogP contribution is -2.37. The highest BCUT2D eigenvalue weighted by Crippen LogP contribution is 2.31. The molecule has 0 aromatic heterocycles. The molecule has 1 saturated heterocycles. The van der Waals surface area contributed by atoms with E-state index in [1.165, 1.54) is 25.3 Å². The Labute approximate surface area is 173 Å². The zero-order chi connectivity index (χ0) is 20.8. The first-order valence-corrected chi connectivity index (χ1v) is 9.77. The van der Waals surface area contributed by atoms with Crippen LogP contribution in [-0.4, -0.2) is 44.2 Å². The van der Waals surface area contributed by atoms with E-state index in [-0.39, 0.29) is 23.4 Å². The molecule has 0 radical (unpaired) electrons. The van der Waals surface area contributed by atoms with Crippen LogP contribution in [0.5, 0.6) is 11.5 Å². The Balaban J connectivity index is 1.74. The molecule has 2 aromatic rings. The fraction of sp³-hybridized carbons (Fsp3) is 0.381. The smallest absolute Gasteiger partial charge is 0.387 e. The van der Waals surface area contributed by atoms with Crippen molar-refractivity contribution >= 4 is 17.5 Å². The van der Waals surface area contributed by atoms with E-state index < -0.39 is 6.61 Å². The molecule has 1 aliphatic rings. The van der Waals surface area contributed by atoms with Gasteiger partial charge in [-0.05, 0) is 55.8 Å². The Morgan fingerprint density at radius 2 is 1.90 bits per heavy atom. The number of hydrogen-bond acceptors (Lipinski definition) is 4. The Kier molecular flexibility index (Phi) is 7.28. The van der Waals surface area contributed by atoms with Crippen LogP contribution in [0.1, 0.15) is 34.8 Å². The van der Waals surface area contributed by atoms with Crippen LogP contribution in [0.4, 0.5) is 8.78 Å². The minimum Gasteiger partial charge on any atom is -0.493 e. The van der Waals surface area contributed by atoms with Crippen molar-refractivity contribution in [3.05, 3.63) is 58.6 Å². The number of methoxy groups -OCH3 is 1. The molecule has 156 valence electrons. The number of amides is 1. The first-order valence-electron chi connectivity index (χ1n) is 9.39. The van der Waals surface area contributed by atoms with Crippen molar-refractivity contribution in [3.8, 4) is 11.5 Å². The van der Waals surface area contributed by atoms with Crippen LogP contribution in [0, 0.1) is 0 Å². The molecule has 1 heterocycles. The van der Waals surface area contributed by atoms with E-state index in [0.29, 0.717) is 17.1 Å². The zero-order valence-corrected chi connectivity index (χ0v) is 16.8. The van der Waals surface area contributed by atoms with Crippen molar-refractivity contribution < 1.29 is 23.0 Å². The Hall–Kier alpha value is -2.38. The maximum Gasteiger partial charge on any atom is 0.387 e. The van der Waals surface area contributed by atoms with E-state index in [1.807, 2.05) is 24.3 Å². The monoisotopic (exact) mass is 424 g/mol. The first-order chi connectivity index (χ1) is 14.0. The standard InChI is InChI=1S/C21H23ClF2N2O3/c1-28-19-12-14(8-9-18(19)29-21(23)24)20(27)25-13-17(26-10-4-5-11-26)15-6-2-3-7-16(15)22/h2-3,6-9,12,17,21H,4-5,10-11,13H2,1H3,(H,25,27). The number of halogens is 3. The number of ether oxygens (including phenoxy) is 2. The summed E-state index contributed by atoms with van der Waals surface area (Å²) in [6.07, 6.45) is 2.22. The SMILES string of the molecule is COc1cc(C(=O)NCC(c2ccccc2Cl)N2CCCC2)ccc1OC(F)F. The fourth-order valence-electron chi connectivity index (χ4n) is 3.53. The average molecular weight is 425 g/mol. The van der Waals surface area contributed by atoms with Crippen LogP contribution < -0.4 is 14.8 Å². The van der Waals surface area contributed by atoms with Gasteiger partial charge in [-0.2, -0.15) is 8.78 Å². The molecule has 3 rings (SSSR count). The van der Waals surface area contributed by atoms with Crippen LogP contribution in [0.15, 0.2) is 42.5 Å². The van der Waals surface area contributed by atoms with Gasteiger partial charge in [0.15, 0.2) is 11.5 Å². The van der Waals surface area contributed by atoms with E-state index in [2.05, 4.69) is 15.0 Å². The number of carbonyl (C=O) groups is 1. The third-order valence-corrected chi connectivity index (χ3v) is 5.29. The highest BCUT2D eigenvalue weighted by atomic mass is 35.5. The minimum atomic E-state index is -2.97. The van der Waals surface area contributed by atoms with Gasteiger partial charge < -0.3 is 14.8 Å². The van der Waals surface area contributed by atoms with Crippen LogP contribution in [0.2, 0.25) is 5.02 Å². The molecule has 29 heavy (non-hydrogen) atoms. The van der Waals surface area contributed by atoms with Crippen molar-refractivity contribution in [2.75, 3.05) is 26.7 Å². The molecule has 1 fully saturated rings. The van der Waals surface area contributed by atoms with E-state index in [4.69, 9.17) is 16.3 Å². The Bertz CT molecular complexity index is 844. The van der Waals surface area contributed by atoms with Gasteiger partial charge in [-0.25, -0.2) is 0 Å². The third kappa shape index (κ3) is 5.36. The van der Waals surface area contributed by atoms with Crippen LogP contribution in [0.25, 0.3) is 0 Å². The van der Waals surface area contributed by atoms with Crippen molar-refractivity contribution in [1.29, 1.82) is 0 Å². The van der Waals surface area contributed by atoms with E-state index in [1.54, 1.807) is 0 Å². The maximum absolute atomic E-state index is 12.7. The molecule has 8 heteroatoms. The van der Waals surface area contributed by atoms with Gasteiger partial charge in [0.1, 0.15) is 0 Å². The van der Waals surface area contributed by atoms with Gasteiger partial charge in [0, 0.05) is 17.1 Å². The van der Waals surface area contributed by atoms with Gasteiger partial charge in [-0.15, -0.1) is 0 Å². The Morgan fingerprint density at radius 3 is 2.55 bits per heavy atom. The largest absolute Gasteiger partial charge is 0.493 e. The normalized spacial score (nSPS) is 15.3. The number of benzene rings is 2. The van der Waals surface area contributed by atoms with Crippen LogP contribution in [-0.2, 0) is 0 Å². The molecule has 0 spiro atoms. The molecular weight excluding hydrogens is 402 g/mol. The summed E-state index contributed by atoms with van der Waals surface area (Å²) < 4.78 is 34.4. The highest BCUT2D eigenvalue weighted by Gasteiger charge is 2.26. The number of rotatable bonds is 8. The average Bonchev–Trinajstić information content (AvgIpc) is 3.23. The predicted molar refractivity (Wildman–Crippen MR) is 107 cm³/mol. The summed E-state index contributed by atoms with van der Waals surface area (Å²) in [6.45, 7) is -0.709. The summed E-state index contributed by atoms with van der Waals surface area (Å²) >= 11 is 6.40. The number of nitrogens with one attached hydrogen (secondary N) is 1. The molecule has 1 aliphatic heterocycles. The lowest BCUT2D eigenvalue weighted by Gasteiger charge is -2.29. The maximum atomic E-state index is 12.7. The third-order valence-electron chi connectivity index (χ3n) is 4.94. The number of nitrogens with zero attached hydrogens (tertiary/aromatic N) is 1. The predicted octanol–water partition coefficient (Wildman–Crippen LogP) is 4.52. The van der Waals surface area contributed by atoms with Crippen molar-refractivity contribution in [3.63, 3.8) is 0 Å². The molecule has 0 saturated carbocycles. The van der Waals surface area contributed by atoms with Gasteiger partial charge in [-0.3, -0.25) is 9.69 Å². The molecule has 1 amide bonds. The number of carbonyl (C=O) groups excluding carboxylic acids is 1. The number of hydrogen-bond donors (Lipinski definition) is 1. The summed E-state index contributed by atoms with van der Waals surface area (Å²) in [5.41, 5.74) is 1.26. The zero-order valence-electron chi connectivity index (χ0n) is 16.0. The molecule has 0 aliphatic carbocycles. The summed E-state index contributed by atoms with van der Waals surface area (Å²) in [5, 5.41) is 3.59. The lowest BCUT2D eigenvalue weighted by atomic mass is 10.0. The summed E-state index contributed by atoms with van der Waals surface area (Å²) in [7, 11) is 1.33. The van der Waals surface area contributed by atoms with E-state index >= 15 is 0 Å². The van der Waals surface area contributed by atoms with Crippen LogP contribution in [0.3, 0.4) is 0 Å². The highest BCUT2D eigenvalue weighted by molar-refractivity contribution is 6.31. The number of likely N-dealkylation sites (tertiary alicyclic amines) is 1. The molecule has 0 bridgehead atoms. The van der Waals surface area contributed by atoms with E-state index in [9.17, 15) is 13.6 Å². The quantitative estimate of drug-likeness (QED) is 0.677. The number of alkyl halides is 2. The van der Waals surface area contributed by atoms with Gasteiger partial charge in [0.25, 0.3) is 5.91 Å². The lowest BCUT2D eigenvalue weighted by molar-refractivity contribution is -0.0512. The second-order valence-electron chi connectivity index (χ2n) is 6.73. The first kappa shape index (κ1) is 21.3. The molecular formula is C21H23ClF2N2O3. The van der Waals surface area contributed by atoms with Gasteiger partial charge in [-0.1, -0.05) is 29.8 Å². The fourth-order valence-corrected chi connectivity index (χ4v) is 3.79. The second kappa shape index (κ2) is 9.89. The molecule has 5 nitrogen and oxygen atoms in total. The van der Waals surface area contributed by atoms with Gasteiger partial charge >= 0.3 is 6.61 Å². The topological polar surface area (TPSA) is 50.8 Å². The second-order valence-corrected chi connectivity index (χ2v) is 7.14. The van der Waals surface area contributed by atoms with Gasteiger partial charge in [0.05, 0.1) is 13.2 Å². The summed E-state index contributed by atoms with van der Waals surface area (Å²) in [5.74, 6) is -0.381. The van der Waals surface area contributed by atoms with Gasteiger partial charge in [0.2, 0.25) is 0 Å². The summed E-state index contributed by atoms with van der Waals surface area (Å²) in [6, 6.07) is 11.7. The molecule has 1 N–H and O–H groups in total. The van der Waals surface area contributed by atoms with E-state index in [0.717, 1.165) is 31.5 Å². The van der Waals surface area contributed by atoms with Crippen molar-refractivity contribution in [1.82, 2.24) is 10.2 Å². The van der Waals surface area contributed by atoms with Crippen LogP contribution >= 0.6 is 11.6 Å². The van der Waals surface area contributed by atoms with Crippen molar-refractivity contribution in [2.45, 2.75) is 25.5 Å². The molecule has 1 atom stereocenters. The summed E-state index contributed by atoms with van der Waals surface area (Å²) in [4.78, 5) is 15.0. The Morgan fingerprint density at radius 1 is 1.17 bits per heavy atom. The molecule has 2 aromatic carbocycles. The minimum absolute atomic E-state index is 0.0431. The molecule has 1 unspecified atom stereocenters. The van der Waals surface area contributed by atoms with Crippen molar-refractivity contribution in [2.24, 2.45) is 0 Å².